The molecule has 0 saturated carbocycles. The molecule has 0 rings (SSSR count). The monoisotopic (exact) mass is 154 g/mol. The second-order valence-corrected chi connectivity index (χ2v) is 1.61. The molecular formula is C6H9F3O. The van der Waals surface area contributed by atoms with E-state index in [1.54, 1.807) is 6.92 Å². The first-order chi connectivity index (χ1) is 4.68. The molecule has 10 heavy (non-hydrogen) atoms. The van der Waals surface area contributed by atoms with Crippen LogP contribution < -0.4 is 0 Å². The van der Waals surface area contributed by atoms with Gasteiger partial charge in [0, 0.05) is 13.0 Å². The van der Waals surface area contributed by atoms with Gasteiger partial charge in [-0.3, -0.25) is 0 Å². The van der Waals surface area contributed by atoms with E-state index in [1.807, 2.05) is 0 Å². The fourth-order valence-corrected chi connectivity index (χ4v) is 0.401. The van der Waals surface area contributed by atoms with E-state index < -0.39 is 11.9 Å². The van der Waals surface area contributed by atoms with E-state index in [-0.39, 0.29) is 13.0 Å². The molecule has 0 aliphatic rings. The minimum atomic E-state index is -2.25. The van der Waals surface area contributed by atoms with Gasteiger partial charge in [0.25, 0.3) is 0 Å². The maximum absolute atomic E-state index is 11.9. The molecule has 0 aliphatic carbocycles. The van der Waals surface area contributed by atoms with E-state index >= 15 is 0 Å². The Hall–Kier alpha value is -0.510. The minimum absolute atomic E-state index is 0.0136. The third kappa shape index (κ3) is 4.38. The Morgan fingerprint density at radius 1 is 1.30 bits per heavy atom. The molecule has 0 radical (unpaired) electrons. The normalized spacial score (nSPS) is 9.60. The Morgan fingerprint density at radius 3 is 2.30 bits per heavy atom. The molecule has 0 atom stereocenters. The van der Waals surface area contributed by atoms with Crippen LogP contribution in [0, 0.1) is 0 Å². The van der Waals surface area contributed by atoms with Crippen LogP contribution in [-0.2, 0) is 4.74 Å². The summed E-state index contributed by atoms with van der Waals surface area (Å²) in [5.41, 5.74) is 0. The quantitative estimate of drug-likeness (QED) is 0.565. The van der Waals surface area contributed by atoms with Gasteiger partial charge in [-0.25, -0.2) is 4.39 Å². The van der Waals surface area contributed by atoms with Gasteiger partial charge in [-0.2, -0.15) is 8.78 Å². The summed E-state index contributed by atoms with van der Waals surface area (Å²) in [4.78, 5) is 0. The Labute approximate surface area is 57.5 Å². The van der Waals surface area contributed by atoms with E-state index in [4.69, 9.17) is 0 Å². The summed E-state index contributed by atoms with van der Waals surface area (Å²) >= 11 is 0. The molecule has 0 bridgehead atoms. The lowest BCUT2D eigenvalue weighted by Crippen LogP contribution is -1.93. The lowest BCUT2D eigenvalue weighted by atomic mass is 10.4. The molecule has 0 aromatic carbocycles. The van der Waals surface area contributed by atoms with Crippen molar-refractivity contribution in [3.63, 3.8) is 0 Å². The molecule has 0 saturated heterocycles. The summed E-state index contributed by atoms with van der Waals surface area (Å²) in [6.45, 7) is 2.15. The minimum Gasteiger partial charge on any atom is -0.381 e. The van der Waals surface area contributed by atoms with E-state index in [2.05, 4.69) is 4.74 Å². The van der Waals surface area contributed by atoms with Crippen LogP contribution in [0.3, 0.4) is 0 Å². The van der Waals surface area contributed by atoms with Gasteiger partial charge in [0.05, 0.1) is 6.61 Å². The Kier molecular flexibility index (Phi) is 5.02. The van der Waals surface area contributed by atoms with Crippen molar-refractivity contribution in [3.8, 4) is 0 Å². The molecule has 0 heterocycles. The second kappa shape index (κ2) is 5.29. The highest BCUT2D eigenvalue weighted by atomic mass is 19.3. The van der Waals surface area contributed by atoms with Crippen LogP contribution in [0.2, 0.25) is 0 Å². The van der Waals surface area contributed by atoms with Crippen molar-refractivity contribution < 1.29 is 17.9 Å². The van der Waals surface area contributed by atoms with Gasteiger partial charge < -0.3 is 4.74 Å². The number of hydrogen-bond donors (Lipinski definition) is 0. The molecule has 0 aliphatic heterocycles. The molecule has 0 unspecified atom stereocenters. The predicted molar refractivity (Wildman–Crippen MR) is 31.5 cm³/mol. The average molecular weight is 154 g/mol. The highest BCUT2D eigenvalue weighted by Gasteiger charge is 2.03. The van der Waals surface area contributed by atoms with Crippen LogP contribution in [0.4, 0.5) is 13.2 Å². The molecule has 4 heteroatoms. The van der Waals surface area contributed by atoms with E-state index in [0.717, 1.165) is 0 Å². The van der Waals surface area contributed by atoms with E-state index in [0.29, 0.717) is 6.61 Å². The fourth-order valence-electron chi connectivity index (χ4n) is 0.401. The number of hydrogen-bond acceptors (Lipinski definition) is 1. The lowest BCUT2D eigenvalue weighted by Gasteiger charge is -1.96. The maximum atomic E-state index is 11.9. The summed E-state index contributed by atoms with van der Waals surface area (Å²) in [5, 5.41) is 0. The van der Waals surface area contributed by atoms with Gasteiger partial charge in [-0.15, -0.1) is 0 Å². The maximum Gasteiger partial charge on any atom is 0.301 e. The SMILES string of the molecule is CCOCCC(F)=C(F)F. The molecule has 0 amide bonds. The summed E-state index contributed by atoms with van der Waals surface area (Å²) in [6.07, 6.45) is -2.59. The zero-order chi connectivity index (χ0) is 7.98. The van der Waals surface area contributed by atoms with Gasteiger partial charge >= 0.3 is 6.08 Å². The van der Waals surface area contributed by atoms with Gasteiger partial charge in [-0.1, -0.05) is 0 Å². The summed E-state index contributed by atoms with van der Waals surface area (Å²) in [6, 6.07) is 0. The summed E-state index contributed by atoms with van der Waals surface area (Å²) < 4.78 is 39.2. The third-order valence-corrected chi connectivity index (χ3v) is 0.875. The van der Waals surface area contributed by atoms with Crippen molar-refractivity contribution in [1.82, 2.24) is 0 Å². The average Bonchev–Trinajstić information content (AvgIpc) is 1.88. The predicted octanol–water partition coefficient (Wildman–Crippen LogP) is 2.49. The van der Waals surface area contributed by atoms with E-state index in [9.17, 15) is 13.2 Å². The van der Waals surface area contributed by atoms with Crippen molar-refractivity contribution in [3.05, 3.63) is 11.9 Å². The molecular weight excluding hydrogens is 145 g/mol. The van der Waals surface area contributed by atoms with Gasteiger partial charge in [0.15, 0.2) is 5.83 Å². The Morgan fingerprint density at radius 2 is 1.90 bits per heavy atom. The summed E-state index contributed by atoms with van der Waals surface area (Å²) in [7, 11) is 0. The number of ether oxygens (including phenoxy) is 1. The lowest BCUT2D eigenvalue weighted by molar-refractivity contribution is 0.144. The molecule has 1 nitrogen and oxygen atoms in total. The number of rotatable bonds is 4. The zero-order valence-corrected chi connectivity index (χ0v) is 5.66. The van der Waals surface area contributed by atoms with Crippen LogP contribution in [0.15, 0.2) is 11.9 Å². The van der Waals surface area contributed by atoms with E-state index in [1.165, 1.54) is 0 Å². The molecule has 0 fully saturated rings. The highest BCUT2D eigenvalue weighted by molar-refractivity contribution is 4.90. The Balaban J connectivity index is 3.40. The van der Waals surface area contributed by atoms with Crippen molar-refractivity contribution in [1.29, 1.82) is 0 Å². The fraction of sp³-hybridized carbons (Fsp3) is 0.667. The van der Waals surface area contributed by atoms with Crippen LogP contribution in [0.1, 0.15) is 13.3 Å². The largest absolute Gasteiger partial charge is 0.381 e. The highest BCUT2D eigenvalue weighted by Crippen LogP contribution is 2.12. The van der Waals surface area contributed by atoms with Crippen molar-refractivity contribution in [2.75, 3.05) is 13.2 Å². The molecule has 0 N–H and O–H groups in total. The van der Waals surface area contributed by atoms with Gasteiger partial charge in [0.2, 0.25) is 0 Å². The third-order valence-electron chi connectivity index (χ3n) is 0.875. The van der Waals surface area contributed by atoms with Crippen LogP contribution >= 0.6 is 0 Å². The van der Waals surface area contributed by atoms with Crippen LogP contribution in [-0.4, -0.2) is 13.2 Å². The zero-order valence-electron chi connectivity index (χ0n) is 5.66. The topological polar surface area (TPSA) is 9.23 Å². The first-order valence-electron chi connectivity index (χ1n) is 2.95. The van der Waals surface area contributed by atoms with Crippen LogP contribution in [0.25, 0.3) is 0 Å². The number of halogens is 3. The Bertz CT molecular complexity index is 118. The standard InChI is InChI=1S/C6H9F3O/c1-2-10-4-3-5(7)6(8)9/h2-4H2,1H3. The molecule has 0 aromatic rings. The van der Waals surface area contributed by atoms with Gasteiger partial charge in [-0.05, 0) is 6.92 Å². The van der Waals surface area contributed by atoms with Crippen LogP contribution in [0.5, 0.6) is 0 Å². The smallest absolute Gasteiger partial charge is 0.301 e. The first-order valence-corrected chi connectivity index (χ1v) is 2.95. The van der Waals surface area contributed by atoms with Crippen molar-refractivity contribution >= 4 is 0 Å². The molecule has 60 valence electrons. The van der Waals surface area contributed by atoms with Gasteiger partial charge in [0.1, 0.15) is 0 Å². The molecule has 0 aromatic heterocycles. The summed E-state index contributed by atoms with van der Waals surface area (Å²) in [5.74, 6) is -1.38. The second-order valence-electron chi connectivity index (χ2n) is 1.61. The first kappa shape index (κ1) is 9.49. The van der Waals surface area contributed by atoms with Crippen molar-refractivity contribution in [2.45, 2.75) is 13.3 Å². The van der Waals surface area contributed by atoms with Crippen molar-refractivity contribution in [2.24, 2.45) is 0 Å². The molecule has 0 spiro atoms.